The van der Waals surface area contributed by atoms with Crippen molar-refractivity contribution in [1.82, 2.24) is 0 Å². The van der Waals surface area contributed by atoms with Gasteiger partial charge in [0.15, 0.2) is 0 Å². The first kappa shape index (κ1) is 15.0. The molecule has 0 N–H and O–H groups in total. The van der Waals surface area contributed by atoms with E-state index in [-0.39, 0.29) is 0 Å². The molecule has 0 aliphatic rings. The van der Waals surface area contributed by atoms with Crippen molar-refractivity contribution in [2.45, 2.75) is 86.0 Å². The molecule has 0 amide bonds. The Morgan fingerprint density at radius 2 is 1.13 bits per heavy atom. The first-order valence-electron chi connectivity index (χ1n) is 7.14. The molecule has 0 bridgehead atoms. The van der Waals surface area contributed by atoms with Crippen LogP contribution in [-0.4, -0.2) is 0 Å². The first-order chi connectivity index (χ1) is 7.14. The van der Waals surface area contributed by atoms with Gasteiger partial charge in [-0.1, -0.05) is 73.1 Å². The second-order valence-electron chi connectivity index (χ2n) is 5.43. The van der Waals surface area contributed by atoms with E-state index in [1.165, 1.54) is 51.4 Å². The van der Waals surface area contributed by atoms with Gasteiger partial charge in [-0.15, -0.1) is 0 Å². The minimum Gasteiger partial charge on any atom is -0.0654 e. The van der Waals surface area contributed by atoms with Crippen LogP contribution < -0.4 is 0 Å². The summed E-state index contributed by atoms with van der Waals surface area (Å²) in [5.41, 5.74) is 0.621. The van der Waals surface area contributed by atoms with E-state index >= 15 is 0 Å². The molecule has 0 atom stereocenters. The zero-order valence-corrected chi connectivity index (χ0v) is 11.7. The third-order valence-corrected chi connectivity index (χ3v) is 3.90. The SMILES string of the molecule is CCCC(CCC)C(C)(CCC)CCC. The van der Waals surface area contributed by atoms with Crippen molar-refractivity contribution in [3.05, 3.63) is 0 Å². The maximum Gasteiger partial charge on any atom is -0.0298 e. The Morgan fingerprint density at radius 3 is 1.40 bits per heavy atom. The molecular formula is C15H32. The van der Waals surface area contributed by atoms with E-state index in [0.29, 0.717) is 5.41 Å². The zero-order valence-electron chi connectivity index (χ0n) is 11.7. The van der Waals surface area contributed by atoms with E-state index in [9.17, 15) is 0 Å². The average Bonchev–Trinajstić information content (AvgIpc) is 2.18. The molecule has 0 heterocycles. The summed E-state index contributed by atoms with van der Waals surface area (Å²) in [4.78, 5) is 0. The lowest BCUT2D eigenvalue weighted by molar-refractivity contribution is 0.129. The minimum atomic E-state index is 0.621. The van der Waals surface area contributed by atoms with Crippen LogP contribution >= 0.6 is 0 Å². The maximum atomic E-state index is 2.54. The molecule has 0 spiro atoms. The molecule has 0 aromatic carbocycles. The molecule has 0 rings (SSSR count). The van der Waals surface area contributed by atoms with Gasteiger partial charge in [-0.25, -0.2) is 0 Å². The summed E-state index contributed by atoms with van der Waals surface area (Å²) in [6.07, 6.45) is 11.1. The molecule has 0 aromatic heterocycles. The molecule has 0 unspecified atom stereocenters. The number of hydrogen-bond donors (Lipinski definition) is 0. The predicted molar refractivity (Wildman–Crippen MR) is 71.2 cm³/mol. The van der Waals surface area contributed by atoms with Crippen LogP contribution in [-0.2, 0) is 0 Å². The lowest BCUT2D eigenvalue weighted by Crippen LogP contribution is -2.27. The van der Waals surface area contributed by atoms with Crippen LogP contribution in [0.4, 0.5) is 0 Å². The molecule has 0 aliphatic carbocycles. The molecule has 92 valence electrons. The van der Waals surface area contributed by atoms with Gasteiger partial charge in [0.2, 0.25) is 0 Å². The van der Waals surface area contributed by atoms with Crippen LogP contribution in [0.3, 0.4) is 0 Å². The van der Waals surface area contributed by atoms with E-state index in [1.54, 1.807) is 0 Å². The van der Waals surface area contributed by atoms with Crippen LogP contribution in [0.25, 0.3) is 0 Å². The van der Waals surface area contributed by atoms with Crippen LogP contribution in [0.5, 0.6) is 0 Å². The third kappa shape index (κ3) is 5.04. The lowest BCUT2D eigenvalue weighted by atomic mass is 9.67. The van der Waals surface area contributed by atoms with E-state index in [1.807, 2.05) is 0 Å². The molecule has 0 fully saturated rings. The number of hydrogen-bond acceptors (Lipinski definition) is 0. The molecule has 0 aromatic rings. The molecule has 15 heavy (non-hydrogen) atoms. The van der Waals surface area contributed by atoms with E-state index in [0.717, 1.165) is 5.92 Å². The van der Waals surface area contributed by atoms with Crippen molar-refractivity contribution in [3.63, 3.8) is 0 Å². The topological polar surface area (TPSA) is 0 Å². The third-order valence-electron chi connectivity index (χ3n) is 3.90. The Bertz CT molecular complexity index is 125. The van der Waals surface area contributed by atoms with Gasteiger partial charge in [-0.2, -0.15) is 0 Å². The van der Waals surface area contributed by atoms with Gasteiger partial charge in [0, 0.05) is 0 Å². The van der Waals surface area contributed by atoms with E-state index in [4.69, 9.17) is 0 Å². The van der Waals surface area contributed by atoms with Gasteiger partial charge < -0.3 is 0 Å². The first-order valence-corrected chi connectivity index (χ1v) is 7.14. The van der Waals surface area contributed by atoms with Crippen molar-refractivity contribution in [2.24, 2.45) is 11.3 Å². The lowest BCUT2D eigenvalue weighted by Gasteiger charge is -2.38. The van der Waals surface area contributed by atoms with Crippen molar-refractivity contribution in [3.8, 4) is 0 Å². The van der Waals surface area contributed by atoms with Crippen molar-refractivity contribution < 1.29 is 0 Å². The van der Waals surface area contributed by atoms with Gasteiger partial charge in [0.1, 0.15) is 0 Å². The van der Waals surface area contributed by atoms with Crippen molar-refractivity contribution in [2.75, 3.05) is 0 Å². The van der Waals surface area contributed by atoms with Crippen LogP contribution in [0.1, 0.15) is 86.0 Å². The molecule has 0 heteroatoms. The second kappa shape index (κ2) is 8.19. The van der Waals surface area contributed by atoms with Crippen molar-refractivity contribution >= 4 is 0 Å². The fraction of sp³-hybridized carbons (Fsp3) is 1.00. The predicted octanol–water partition coefficient (Wildman–Crippen LogP) is 5.81. The molecule has 0 nitrogen and oxygen atoms in total. The summed E-state index contributed by atoms with van der Waals surface area (Å²) >= 11 is 0. The number of rotatable bonds is 9. The zero-order chi connectivity index (χ0) is 11.7. The Balaban J connectivity index is 4.48. The maximum absolute atomic E-state index is 2.54. The quantitative estimate of drug-likeness (QED) is 0.452. The highest BCUT2D eigenvalue weighted by Crippen LogP contribution is 2.42. The Morgan fingerprint density at radius 1 is 0.733 bits per heavy atom. The van der Waals surface area contributed by atoms with Crippen LogP contribution in [0.15, 0.2) is 0 Å². The monoisotopic (exact) mass is 212 g/mol. The summed E-state index contributed by atoms with van der Waals surface area (Å²) in [5, 5.41) is 0. The fourth-order valence-corrected chi connectivity index (χ4v) is 3.21. The Kier molecular flexibility index (Phi) is 8.19. The van der Waals surface area contributed by atoms with Crippen LogP contribution in [0.2, 0.25) is 0 Å². The largest absolute Gasteiger partial charge is 0.0654 e. The van der Waals surface area contributed by atoms with E-state index < -0.39 is 0 Å². The highest BCUT2D eigenvalue weighted by atomic mass is 14.4. The minimum absolute atomic E-state index is 0.621. The molecule has 0 saturated heterocycles. The molecular weight excluding hydrogens is 180 g/mol. The van der Waals surface area contributed by atoms with Gasteiger partial charge in [0.25, 0.3) is 0 Å². The second-order valence-corrected chi connectivity index (χ2v) is 5.43. The normalized spacial score (nSPS) is 12.4. The van der Waals surface area contributed by atoms with Gasteiger partial charge in [-0.3, -0.25) is 0 Å². The molecule has 0 aliphatic heterocycles. The van der Waals surface area contributed by atoms with Gasteiger partial charge in [0.05, 0.1) is 0 Å². The smallest absolute Gasteiger partial charge is 0.0298 e. The highest BCUT2D eigenvalue weighted by Gasteiger charge is 2.30. The standard InChI is InChI=1S/C15H32/c1-6-10-14(11-7-2)15(5,12-8-3)13-9-4/h14H,6-13H2,1-5H3. The van der Waals surface area contributed by atoms with Crippen molar-refractivity contribution in [1.29, 1.82) is 0 Å². The van der Waals surface area contributed by atoms with Crippen LogP contribution in [0, 0.1) is 11.3 Å². The van der Waals surface area contributed by atoms with Gasteiger partial charge in [-0.05, 0) is 24.2 Å². The van der Waals surface area contributed by atoms with E-state index in [2.05, 4.69) is 34.6 Å². The summed E-state index contributed by atoms with van der Waals surface area (Å²) in [6, 6.07) is 0. The Hall–Kier alpha value is 0. The summed E-state index contributed by atoms with van der Waals surface area (Å²) in [5.74, 6) is 0.965. The fourth-order valence-electron chi connectivity index (χ4n) is 3.21. The molecule has 0 radical (unpaired) electrons. The highest BCUT2D eigenvalue weighted by molar-refractivity contribution is 4.81. The summed E-state index contributed by atoms with van der Waals surface area (Å²) in [6.45, 7) is 11.9. The average molecular weight is 212 g/mol. The summed E-state index contributed by atoms with van der Waals surface area (Å²) in [7, 11) is 0. The Labute approximate surface area is 97.8 Å². The summed E-state index contributed by atoms with van der Waals surface area (Å²) < 4.78 is 0. The van der Waals surface area contributed by atoms with Gasteiger partial charge >= 0.3 is 0 Å². The molecule has 0 saturated carbocycles.